The van der Waals surface area contributed by atoms with Crippen molar-refractivity contribution in [3.8, 4) is 0 Å². The Kier molecular flexibility index (Phi) is 8.48. The van der Waals surface area contributed by atoms with Gasteiger partial charge < -0.3 is 19.8 Å². The molecule has 0 aliphatic carbocycles. The number of carboxylic acid groups (broad SMARTS) is 2. The summed E-state index contributed by atoms with van der Waals surface area (Å²) in [4.78, 5) is 26.6. The molecule has 5 rings (SSSR count). The smallest absolute Gasteiger partial charge is 0.0725 e. The minimum atomic E-state index is -1.52. The minimum absolute atomic E-state index is 0.101. The Labute approximate surface area is 242 Å². The van der Waals surface area contributed by atoms with Crippen LogP contribution in [0, 0.1) is 0 Å². The largest absolute Gasteiger partial charge is 0.545 e. The van der Waals surface area contributed by atoms with Crippen molar-refractivity contribution in [2.45, 2.75) is 47.0 Å². The Balaban J connectivity index is 1.61. The molecule has 0 aliphatic heterocycles. The van der Waals surface area contributed by atoms with Crippen molar-refractivity contribution < 1.29 is 19.8 Å². The lowest BCUT2D eigenvalue weighted by Crippen LogP contribution is -2.32. The highest BCUT2D eigenvalue weighted by molar-refractivity contribution is 8.00. The van der Waals surface area contributed by atoms with E-state index in [1.807, 2.05) is 55.5 Å². The number of benzene rings is 5. The van der Waals surface area contributed by atoms with Crippen LogP contribution in [0.15, 0.2) is 107 Å². The summed E-state index contributed by atoms with van der Waals surface area (Å²) < 4.78 is 0. The van der Waals surface area contributed by atoms with Gasteiger partial charge in [-0.1, -0.05) is 86.6 Å². The summed E-state index contributed by atoms with van der Waals surface area (Å²) in [7, 11) is 0. The Morgan fingerprint density at radius 2 is 1.12 bits per heavy atom. The quantitative estimate of drug-likeness (QED) is 0.167. The highest BCUT2D eigenvalue weighted by Gasteiger charge is 2.27. The molecule has 202 valence electrons. The fourth-order valence-corrected chi connectivity index (χ4v) is 7.55. The van der Waals surface area contributed by atoms with Gasteiger partial charge in [-0.3, -0.25) is 0 Å². The number of hydrogen-bond donors (Lipinski definition) is 0. The highest BCUT2D eigenvalue weighted by atomic mass is 32.2. The molecule has 0 spiro atoms. The van der Waals surface area contributed by atoms with E-state index in [1.54, 1.807) is 29.6 Å². The number of fused-ring (bicyclic) bond motifs is 2. The fraction of sp³-hybridized carbons (Fsp3) is 0.176. The van der Waals surface area contributed by atoms with E-state index in [0.29, 0.717) is 12.0 Å². The average Bonchev–Trinajstić information content (AvgIpc) is 2.97. The zero-order valence-corrected chi connectivity index (χ0v) is 23.9. The van der Waals surface area contributed by atoms with Gasteiger partial charge in [-0.25, -0.2) is 0 Å². The summed E-state index contributed by atoms with van der Waals surface area (Å²) in [5, 5.41) is 28.7. The third-order valence-electron chi connectivity index (χ3n) is 7.11. The Morgan fingerprint density at radius 1 is 0.625 bits per heavy atom. The van der Waals surface area contributed by atoms with Gasteiger partial charge in [0, 0.05) is 31.4 Å². The first kappa shape index (κ1) is 27.8. The van der Waals surface area contributed by atoms with Crippen LogP contribution in [0.5, 0.6) is 0 Å². The number of thioether (sulfide) groups is 2. The number of carbonyl (C=O) groups excluding carboxylic acids is 2. The molecule has 2 atom stereocenters. The first-order valence-electron chi connectivity index (χ1n) is 13.3. The number of rotatable bonds is 10. The van der Waals surface area contributed by atoms with Crippen LogP contribution in [-0.2, 0) is 0 Å². The molecule has 0 aromatic heterocycles. The molecule has 0 aliphatic rings. The molecular weight excluding hydrogens is 537 g/mol. The highest BCUT2D eigenvalue weighted by Crippen LogP contribution is 2.48. The van der Waals surface area contributed by atoms with Crippen molar-refractivity contribution >= 4 is 57.0 Å². The van der Waals surface area contributed by atoms with Gasteiger partial charge in [0.25, 0.3) is 0 Å². The molecule has 0 amide bonds. The molecule has 0 bridgehead atoms. The molecular formula is C34H28O4S2-2. The van der Waals surface area contributed by atoms with Crippen LogP contribution in [0.1, 0.15) is 69.0 Å². The standard InChI is InChI=1S/C34H30O4S2/c1-3-29(39-25-15-13-21-9-5-7-11-23(21)19-25)27-17-18-28(33(35)36)32(34(37)38)31(27)30(4-2)40-26-16-14-22-10-6-8-12-24(22)20-26/h5-20,29-30H,3-4H2,1-2H3,(H,35,36)(H,37,38)/p-2. The number of hydrogen-bond acceptors (Lipinski definition) is 6. The van der Waals surface area contributed by atoms with E-state index in [9.17, 15) is 19.8 Å². The molecule has 40 heavy (non-hydrogen) atoms. The van der Waals surface area contributed by atoms with Gasteiger partial charge in [-0.05, 0) is 69.8 Å². The average molecular weight is 565 g/mol. The molecule has 0 saturated heterocycles. The van der Waals surface area contributed by atoms with Crippen LogP contribution >= 0.6 is 23.5 Å². The second kappa shape index (κ2) is 12.2. The van der Waals surface area contributed by atoms with Crippen LogP contribution in [-0.4, -0.2) is 11.9 Å². The molecule has 0 N–H and O–H groups in total. The van der Waals surface area contributed by atoms with E-state index < -0.39 is 11.9 Å². The number of carbonyl (C=O) groups is 2. The molecule has 4 nitrogen and oxygen atoms in total. The minimum Gasteiger partial charge on any atom is -0.545 e. The lowest BCUT2D eigenvalue weighted by molar-refractivity contribution is -0.259. The predicted molar refractivity (Wildman–Crippen MR) is 161 cm³/mol. The third-order valence-corrected chi connectivity index (χ3v) is 9.89. The Bertz CT molecular complexity index is 1710. The van der Waals surface area contributed by atoms with Gasteiger partial charge >= 0.3 is 0 Å². The third kappa shape index (κ3) is 5.74. The van der Waals surface area contributed by atoms with E-state index in [-0.39, 0.29) is 21.6 Å². The second-order valence-electron chi connectivity index (χ2n) is 9.61. The molecule has 0 fully saturated rings. The molecule has 6 heteroatoms. The van der Waals surface area contributed by atoms with Crippen molar-refractivity contribution in [2.24, 2.45) is 0 Å². The van der Waals surface area contributed by atoms with Gasteiger partial charge in [-0.2, -0.15) is 0 Å². The van der Waals surface area contributed by atoms with Gasteiger partial charge in [0.1, 0.15) is 0 Å². The first-order valence-corrected chi connectivity index (χ1v) is 15.1. The fourth-order valence-electron chi connectivity index (χ4n) is 5.18. The summed E-state index contributed by atoms with van der Waals surface area (Å²) in [6.45, 7) is 4.05. The van der Waals surface area contributed by atoms with Gasteiger partial charge in [0.05, 0.1) is 11.9 Å². The zero-order chi connectivity index (χ0) is 28.2. The summed E-state index contributed by atoms with van der Waals surface area (Å²) in [6.07, 6.45) is 1.32. The Hall–Kier alpha value is -3.74. The van der Waals surface area contributed by atoms with Crippen LogP contribution < -0.4 is 10.2 Å². The maximum atomic E-state index is 12.5. The van der Waals surface area contributed by atoms with E-state index in [4.69, 9.17) is 0 Å². The van der Waals surface area contributed by atoms with Crippen LogP contribution in [0.4, 0.5) is 0 Å². The lowest BCUT2D eigenvalue weighted by atomic mass is 9.90. The van der Waals surface area contributed by atoms with Crippen molar-refractivity contribution in [3.05, 3.63) is 119 Å². The SMILES string of the molecule is CCC(Sc1ccc2ccccc2c1)c1ccc(C(=O)[O-])c(C(=O)[O-])c1C(CC)Sc1ccc2ccccc2c1. The number of carboxylic acids is 2. The molecule has 2 unspecified atom stereocenters. The normalized spacial score (nSPS) is 12.8. The number of aromatic carboxylic acids is 2. The van der Waals surface area contributed by atoms with Crippen LogP contribution in [0.3, 0.4) is 0 Å². The summed E-state index contributed by atoms with van der Waals surface area (Å²) in [5.41, 5.74) is 0.685. The van der Waals surface area contributed by atoms with Gasteiger partial charge in [0.15, 0.2) is 0 Å². The van der Waals surface area contributed by atoms with E-state index in [2.05, 4.69) is 43.3 Å². The van der Waals surface area contributed by atoms with E-state index in [1.165, 1.54) is 6.07 Å². The van der Waals surface area contributed by atoms with Crippen molar-refractivity contribution in [1.82, 2.24) is 0 Å². The van der Waals surface area contributed by atoms with Gasteiger partial charge in [0.2, 0.25) is 0 Å². The molecule has 5 aromatic rings. The molecule has 0 radical (unpaired) electrons. The maximum Gasteiger partial charge on any atom is 0.0725 e. The molecule has 5 aromatic carbocycles. The van der Waals surface area contributed by atoms with E-state index in [0.717, 1.165) is 43.3 Å². The van der Waals surface area contributed by atoms with Crippen LogP contribution in [0.25, 0.3) is 21.5 Å². The monoisotopic (exact) mass is 564 g/mol. The predicted octanol–water partition coefficient (Wildman–Crippen LogP) is 7.21. The summed E-state index contributed by atoms with van der Waals surface area (Å²) in [5.74, 6) is -3.02. The van der Waals surface area contributed by atoms with Crippen LogP contribution in [0.2, 0.25) is 0 Å². The molecule has 0 heterocycles. The summed E-state index contributed by atoms with van der Waals surface area (Å²) >= 11 is 3.20. The zero-order valence-electron chi connectivity index (χ0n) is 22.3. The topological polar surface area (TPSA) is 80.3 Å². The van der Waals surface area contributed by atoms with Gasteiger partial charge in [-0.15, -0.1) is 23.5 Å². The maximum absolute atomic E-state index is 12.5. The van der Waals surface area contributed by atoms with Crippen molar-refractivity contribution in [1.29, 1.82) is 0 Å². The van der Waals surface area contributed by atoms with Crippen molar-refractivity contribution in [3.63, 3.8) is 0 Å². The first-order chi connectivity index (χ1) is 19.4. The summed E-state index contributed by atoms with van der Waals surface area (Å²) in [6, 6.07) is 31.8. The van der Waals surface area contributed by atoms with Crippen molar-refractivity contribution in [2.75, 3.05) is 0 Å². The Morgan fingerprint density at radius 3 is 1.60 bits per heavy atom. The van der Waals surface area contributed by atoms with E-state index >= 15 is 0 Å². The lowest BCUT2D eigenvalue weighted by Gasteiger charge is -2.29. The second-order valence-corrected chi connectivity index (χ2v) is 12.2. The molecule has 0 saturated carbocycles.